The van der Waals surface area contributed by atoms with Gasteiger partial charge >= 0.3 is 0 Å². The molecule has 0 spiro atoms. The van der Waals surface area contributed by atoms with Gasteiger partial charge < -0.3 is 35.4 Å². The summed E-state index contributed by atoms with van der Waals surface area (Å²) in [5.41, 5.74) is 0. The zero-order valence-corrected chi connectivity index (χ0v) is 18.8. The molecule has 3 heterocycles. The van der Waals surface area contributed by atoms with Crippen LogP contribution in [0.5, 0.6) is 11.8 Å². The van der Waals surface area contributed by atoms with E-state index in [9.17, 15) is 19.7 Å². The molecule has 15 heteroatoms. The number of nitrogens with zero attached hydrogens (tertiary/aromatic N) is 5. The molecule has 3 aromatic heterocycles. The first-order valence-corrected chi connectivity index (χ1v) is 10.6. The Hall–Kier alpha value is -3.33. The summed E-state index contributed by atoms with van der Waals surface area (Å²) in [6, 6.07) is 0.699. The fourth-order valence-electron chi connectivity index (χ4n) is 2.57. The van der Waals surface area contributed by atoms with Crippen LogP contribution in [-0.2, 0) is 0 Å². The summed E-state index contributed by atoms with van der Waals surface area (Å²) in [6.45, 7) is 0.992. The SMILES string of the molecule is CCCOc1cc(Nc2nc(N[C@@H](CO)c3ncc(F)cn3)nc(OC(CO)CO)c2Cl)[nH]n1. The van der Waals surface area contributed by atoms with Crippen molar-refractivity contribution in [3.8, 4) is 11.8 Å². The van der Waals surface area contributed by atoms with Gasteiger partial charge in [0, 0.05) is 6.07 Å². The van der Waals surface area contributed by atoms with E-state index in [4.69, 9.17) is 21.1 Å². The number of rotatable bonds is 13. The molecule has 0 unspecified atom stereocenters. The number of nitrogens with one attached hydrogen (secondary N) is 3. The molecule has 3 aromatic rings. The molecule has 0 bridgehead atoms. The first kappa shape index (κ1) is 25.3. The molecule has 0 aliphatic rings. The summed E-state index contributed by atoms with van der Waals surface area (Å²) in [5.74, 6) is 0.0644. The van der Waals surface area contributed by atoms with Crippen LogP contribution in [0.1, 0.15) is 25.2 Å². The zero-order chi connectivity index (χ0) is 24.5. The molecule has 0 fully saturated rings. The maximum absolute atomic E-state index is 13.2. The Balaban J connectivity index is 1.91. The van der Waals surface area contributed by atoms with E-state index in [1.165, 1.54) is 0 Å². The summed E-state index contributed by atoms with van der Waals surface area (Å²) in [5, 5.41) is 41.0. The van der Waals surface area contributed by atoms with Crippen LogP contribution in [0.3, 0.4) is 0 Å². The van der Waals surface area contributed by atoms with E-state index in [-0.39, 0.29) is 28.5 Å². The van der Waals surface area contributed by atoms with Gasteiger partial charge in [-0.05, 0) is 6.42 Å². The number of hydrogen-bond donors (Lipinski definition) is 6. The second-order valence-corrected chi connectivity index (χ2v) is 7.23. The smallest absolute Gasteiger partial charge is 0.240 e. The number of halogens is 2. The number of H-pyrrole nitrogens is 1. The summed E-state index contributed by atoms with van der Waals surface area (Å²) >= 11 is 6.40. The van der Waals surface area contributed by atoms with Gasteiger partial charge in [-0.25, -0.2) is 14.4 Å². The second kappa shape index (κ2) is 12.2. The predicted molar refractivity (Wildman–Crippen MR) is 119 cm³/mol. The quantitative estimate of drug-likeness (QED) is 0.198. The molecule has 0 saturated heterocycles. The predicted octanol–water partition coefficient (Wildman–Crippen LogP) is 1.19. The first-order valence-electron chi connectivity index (χ1n) is 10.2. The summed E-state index contributed by atoms with van der Waals surface area (Å²) < 4.78 is 24.1. The van der Waals surface area contributed by atoms with Gasteiger partial charge in [-0.3, -0.25) is 5.10 Å². The summed E-state index contributed by atoms with van der Waals surface area (Å²) in [4.78, 5) is 16.1. The molecule has 0 saturated carbocycles. The van der Waals surface area contributed by atoms with Crippen LogP contribution in [-0.4, -0.2) is 78.0 Å². The highest BCUT2D eigenvalue weighted by Crippen LogP contribution is 2.33. The molecule has 1 atom stereocenters. The topological polar surface area (TPSA) is 183 Å². The van der Waals surface area contributed by atoms with Gasteiger partial charge in [0.25, 0.3) is 0 Å². The Kier molecular flexibility index (Phi) is 9.09. The van der Waals surface area contributed by atoms with Crippen LogP contribution in [0, 0.1) is 5.82 Å². The lowest BCUT2D eigenvalue weighted by Crippen LogP contribution is -2.26. The van der Waals surface area contributed by atoms with E-state index in [0.717, 1.165) is 18.8 Å². The van der Waals surface area contributed by atoms with Crippen LogP contribution in [0.25, 0.3) is 0 Å². The highest BCUT2D eigenvalue weighted by atomic mass is 35.5. The van der Waals surface area contributed by atoms with Crippen molar-refractivity contribution in [2.75, 3.05) is 37.1 Å². The van der Waals surface area contributed by atoms with Crippen molar-refractivity contribution < 1.29 is 29.2 Å². The van der Waals surface area contributed by atoms with Gasteiger partial charge in [0.2, 0.25) is 17.7 Å². The lowest BCUT2D eigenvalue weighted by molar-refractivity contribution is 0.0598. The average Bonchev–Trinajstić information content (AvgIpc) is 3.29. The standard InChI is InChI=1S/C19H24ClFN8O5/c1-2-3-33-14-4-13(28-29-14)25-17-15(20)18(34-11(7-30)8-31)27-19(26-17)24-12(9-32)16-22-5-10(21)6-23-16/h4-6,11-12,30-32H,2-3,7-9H2,1H3,(H3,24,25,26,27,28,29)/t12-/m0/s1. The number of aliphatic hydroxyl groups is 3. The normalized spacial score (nSPS) is 12.0. The Bertz CT molecular complexity index is 1050. The Morgan fingerprint density at radius 3 is 2.53 bits per heavy atom. The van der Waals surface area contributed by atoms with Gasteiger partial charge in [0.05, 0.1) is 38.8 Å². The molecular formula is C19H24ClFN8O5. The molecule has 0 radical (unpaired) electrons. The van der Waals surface area contributed by atoms with Crippen LogP contribution >= 0.6 is 11.6 Å². The molecule has 0 aliphatic heterocycles. The lowest BCUT2D eigenvalue weighted by atomic mass is 10.3. The molecule has 3 rings (SSSR count). The molecular weight excluding hydrogens is 475 g/mol. The lowest BCUT2D eigenvalue weighted by Gasteiger charge is -2.19. The van der Waals surface area contributed by atoms with Gasteiger partial charge in [-0.15, -0.1) is 5.10 Å². The third kappa shape index (κ3) is 6.60. The number of aromatic nitrogens is 6. The molecule has 6 N–H and O–H groups in total. The molecule has 0 amide bonds. The highest BCUT2D eigenvalue weighted by Gasteiger charge is 2.21. The maximum Gasteiger partial charge on any atom is 0.240 e. The molecule has 0 aliphatic carbocycles. The van der Waals surface area contributed by atoms with Crippen molar-refractivity contribution >= 4 is 29.2 Å². The fourth-order valence-corrected chi connectivity index (χ4v) is 2.74. The molecule has 13 nitrogen and oxygen atoms in total. The monoisotopic (exact) mass is 498 g/mol. The van der Waals surface area contributed by atoms with Gasteiger partial charge in [0.1, 0.15) is 23.0 Å². The Morgan fingerprint density at radius 2 is 1.88 bits per heavy atom. The highest BCUT2D eigenvalue weighted by molar-refractivity contribution is 6.34. The van der Waals surface area contributed by atoms with Crippen molar-refractivity contribution in [3.05, 3.63) is 35.1 Å². The second-order valence-electron chi connectivity index (χ2n) is 6.85. The molecule has 184 valence electrons. The van der Waals surface area contributed by atoms with Crippen molar-refractivity contribution in [1.29, 1.82) is 0 Å². The van der Waals surface area contributed by atoms with Crippen molar-refractivity contribution in [1.82, 2.24) is 30.1 Å². The van der Waals surface area contributed by atoms with E-state index < -0.39 is 37.8 Å². The van der Waals surface area contributed by atoms with Gasteiger partial charge in [-0.1, -0.05) is 18.5 Å². The van der Waals surface area contributed by atoms with E-state index in [0.29, 0.717) is 18.3 Å². The van der Waals surface area contributed by atoms with Crippen LogP contribution in [0.4, 0.5) is 22.0 Å². The van der Waals surface area contributed by atoms with E-state index in [1.807, 2.05) is 6.92 Å². The minimum Gasteiger partial charge on any atom is -0.477 e. The van der Waals surface area contributed by atoms with Crippen LogP contribution < -0.4 is 20.1 Å². The van der Waals surface area contributed by atoms with Crippen LogP contribution in [0.2, 0.25) is 5.02 Å². The number of ether oxygens (including phenoxy) is 2. The Labute approximate surface area is 198 Å². The minimum absolute atomic E-state index is 0.0540. The summed E-state index contributed by atoms with van der Waals surface area (Å²) in [6.07, 6.45) is 1.73. The van der Waals surface area contributed by atoms with Crippen molar-refractivity contribution in [2.45, 2.75) is 25.5 Å². The van der Waals surface area contributed by atoms with Crippen molar-refractivity contribution in [3.63, 3.8) is 0 Å². The molecule has 0 aromatic carbocycles. The van der Waals surface area contributed by atoms with E-state index >= 15 is 0 Å². The van der Waals surface area contributed by atoms with Gasteiger partial charge in [-0.2, -0.15) is 9.97 Å². The first-order chi connectivity index (χ1) is 16.5. The third-order valence-corrected chi connectivity index (χ3v) is 4.55. The van der Waals surface area contributed by atoms with Crippen LogP contribution in [0.15, 0.2) is 18.5 Å². The van der Waals surface area contributed by atoms with Gasteiger partial charge in [0.15, 0.2) is 17.5 Å². The maximum atomic E-state index is 13.2. The van der Waals surface area contributed by atoms with E-state index in [2.05, 4.69) is 40.8 Å². The number of hydrogen-bond acceptors (Lipinski definition) is 12. The number of aromatic amines is 1. The average molecular weight is 499 g/mol. The molecule has 34 heavy (non-hydrogen) atoms. The zero-order valence-electron chi connectivity index (χ0n) is 18.1. The van der Waals surface area contributed by atoms with Crippen molar-refractivity contribution in [2.24, 2.45) is 0 Å². The Morgan fingerprint density at radius 1 is 1.15 bits per heavy atom. The minimum atomic E-state index is -0.997. The number of anilines is 3. The fraction of sp³-hybridized carbons (Fsp3) is 0.421. The third-order valence-electron chi connectivity index (χ3n) is 4.21. The van der Waals surface area contributed by atoms with E-state index in [1.54, 1.807) is 6.07 Å². The summed E-state index contributed by atoms with van der Waals surface area (Å²) in [7, 11) is 0. The number of aliphatic hydroxyl groups excluding tert-OH is 3. The largest absolute Gasteiger partial charge is 0.477 e.